The molecule has 1 N–H and O–H groups in total. The van der Waals surface area contributed by atoms with Crippen molar-refractivity contribution in [3.8, 4) is 0 Å². The lowest BCUT2D eigenvalue weighted by atomic mass is 10.2. The molecule has 1 fully saturated rings. The summed E-state index contributed by atoms with van der Waals surface area (Å²) in [7, 11) is 0. The van der Waals surface area contributed by atoms with E-state index in [0.717, 1.165) is 0 Å². The van der Waals surface area contributed by atoms with Crippen molar-refractivity contribution in [1.29, 1.82) is 0 Å². The summed E-state index contributed by atoms with van der Waals surface area (Å²) in [6, 6.07) is 4.78. The van der Waals surface area contributed by atoms with Crippen LogP contribution >= 0.6 is 0 Å². The van der Waals surface area contributed by atoms with Crippen LogP contribution in [0, 0.1) is 0 Å². The Morgan fingerprint density at radius 3 is 2.39 bits per heavy atom. The van der Waals surface area contributed by atoms with Gasteiger partial charge in [0.2, 0.25) is 5.91 Å². The second kappa shape index (κ2) is 7.53. The van der Waals surface area contributed by atoms with Crippen LogP contribution in [0.4, 0.5) is 0 Å². The summed E-state index contributed by atoms with van der Waals surface area (Å²) in [6.07, 6.45) is 1.57. The number of carbonyl (C=O) groups is 3. The van der Waals surface area contributed by atoms with Crippen molar-refractivity contribution < 1.29 is 14.4 Å². The second-order valence-electron chi connectivity index (χ2n) is 5.21. The molecule has 0 radical (unpaired) electrons. The van der Waals surface area contributed by atoms with Crippen LogP contribution in [0.25, 0.3) is 0 Å². The quantitative estimate of drug-likeness (QED) is 0.810. The summed E-state index contributed by atoms with van der Waals surface area (Å²) >= 11 is 0. The smallest absolute Gasteiger partial charge is 0.272 e. The summed E-state index contributed by atoms with van der Waals surface area (Å²) in [4.78, 5) is 43.2. The van der Waals surface area contributed by atoms with Crippen LogP contribution in [-0.2, 0) is 4.79 Å². The van der Waals surface area contributed by atoms with E-state index in [1.807, 2.05) is 0 Å². The average Bonchev–Trinajstić information content (AvgIpc) is 2.59. The van der Waals surface area contributed by atoms with Crippen molar-refractivity contribution in [2.45, 2.75) is 6.92 Å². The third-order valence-electron chi connectivity index (χ3n) is 3.62. The standard InChI is InChI=1S/C16H20N4O3/c1-3-7-17-15(22)13-5-4-6-14(18-13)16(23)20-10-8-19(9-11-20)12(2)21/h3-6H,1,7-11H2,2H3,(H,17,22). The highest BCUT2D eigenvalue weighted by Crippen LogP contribution is 2.08. The summed E-state index contributed by atoms with van der Waals surface area (Å²) < 4.78 is 0. The largest absolute Gasteiger partial charge is 0.347 e. The number of aromatic nitrogens is 1. The molecule has 1 aliphatic rings. The highest BCUT2D eigenvalue weighted by atomic mass is 16.2. The van der Waals surface area contributed by atoms with Gasteiger partial charge in [0.25, 0.3) is 11.8 Å². The molecule has 1 aromatic heterocycles. The molecule has 0 unspecified atom stereocenters. The molecular formula is C16H20N4O3. The Morgan fingerprint density at radius 1 is 1.17 bits per heavy atom. The van der Waals surface area contributed by atoms with Gasteiger partial charge in [-0.05, 0) is 12.1 Å². The Bertz CT molecular complexity index is 622. The number of amides is 3. The first-order valence-corrected chi connectivity index (χ1v) is 7.44. The molecular weight excluding hydrogens is 296 g/mol. The van der Waals surface area contributed by atoms with E-state index in [1.54, 1.807) is 34.1 Å². The zero-order valence-corrected chi connectivity index (χ0v) is 13.1. The van der Waals surface area contributed by atoms with Gasteiger partial charge in [-0.1, -0.05) is 12.1 Å². The Morgan fingerprint density at radius 2 is 1.78 bits per heavy atom. The molecule has 7 nitrogen and oxygen atoms in total. The molecule has 23 heavy (non-hydrogen) atoms. The van der Waals surface area contributed by atoms with Crippen molar-refractivity contribution in [2.75, 3.05) is 32.7 Å². The van der Waals surface area contributed by atoms with E-state index in [9.17, 15) is 14.4 Å². The van der Waals surface area contributed by atoms with E-state index < -0.39 is 0 Å². The summed E-state index contributed by atoms with van der Waals surface area (Å²) in [5, 5.41) is 2.62. The van der Waals surface area contributed by atoms with Crippen LogP contribution in [-0.4, -0.2) is 65.2 Å². The molecule has 7 heteroatoms. The van der Waals surface area contributed by atoms with Crippen LogP contribution in [0.2, 0.25) is 0 Å². The highest BCUT2D eigenvalue weighted by molar-refractivity contribution is 5.96. The van der Waals surface area contributed by atoms with Crippen LogP contribution in [0.3, 0.4) is 0 Å². The third-order valence-corrected chi connectivity index (χ3v) is 3.62. The van der Waals surface area contributed by atoms with Gasteiger partial charge in [0.15, 0.2) is 0 Å². The Labute approximate surface area is 135 Å². The van der Waals surface area contributed by atoms with Gasteiger partial charge in [0.05, 0.1) is 0 Å². The summed E-state index contributed by atoms with van der Waals surface area (Å²) in [6.45, 7) is 7.34. The first kappa shape index (κ1) is 16.7. The zero-order chi connectivity index (χ0) is 16.8. The molecule has 1 aromatic rings. The van der Waals surface area contributed by atoms with Crippen molar-refractivity contribution in [3.05, 3.63) is 42.2 Å². The van der Waals surface area contributed by atoms with E-state index >= 15 is 0 Å². The molecule has 0 saturated carbocycles. The Balaban J connectivity index is 2.04. The number of rotatable bonds is 4. The van der Waals surface area contributed by atoms with Crippen LogP contribution < -0.4 is 5.32 Å². The van der Waals surface area contributed by atoms with Crippen molar-refractivity contribution in [3.63, 3.8) is 0 Å². The van der Waals surface area contributed by atoms with Crippen LogP contribution in [0.15, 0.2) is 30.9 Å². The van der Waals surface area contributed by atoms with Gasteiger partial charge < -0.3 is 15.1 Å². The fourth-order valence-electron chi connectivity index (χ4n) is 2.32. The number of piperazine rings is 1. The van der Waals surface area contributed by atoms with E-state index in [1.165, 1.54) is 6.92 Å². The number of nitrogens with zero attached hydrogens (tertiary/aromatic N) is 3. The van der Waals surface area contributed by atoms with Gasteiger partial charge in [-0.15, -0.1) is 6.58 Å². The zero-order valence-electron chi connectivity index (χ0n) is 13.1. The Hall–Kier alpha value is -2.70. The fourth-order valence-corrected chi connectivity index (χ4v) is 2.32. The van der Waals surface area contributed by atoms with E-state index in [0.29, 0.717) is 32.7 Å². The summed E-state index contributed by atoms with van der Waals surface area (Å²) in [5.41, 5.74) is 0.424. The molecule has 1 saturated heterocycles. The normalized spacial score (nSPS) is 14.3. The first-order valence-electron chi connectivity index (χ1n) is 7.44. The number of hydrogen-bond acceptors (Lipinski definition) is 4. The summed E-state index contributed by atoms with van der Waals surface area (Å²) in [5.74, 6) is -0.566. The molecule has 0 aliphatic carbocycles. The van der Waals surface area contributed by atoms with E-state index in [4.69, 9.17) is 0 Å². The van der Waals surface area contributed by atoms with Crippen LogP contribution in [0.5, 0.6) is 0 Å². The number of pyridine rings is 1. The maximum Gasteiger partial charge on any atom is 0.272 e. The van der Waals surface area contributed by atoms with Crippen molar-refractivity contribution in [1.82, 2.24) is 20.1 Å². The topological polar surface area (TPSA) is 82.6 Å². The molecule has 2 heterocycles. The molecule has 122 valence electrons. The van der Waals surface area contributed by atoms with Gasteiger partial charge in [0, 0.05) is 39.6 Å². The molecule has 0 bridgehead atoms. The van der Waals surface area contributed by atoms with Gasteiger partial charge in [-0.25, -0.2) is 4.98 Å². The molecule has 3 amide bonds. The van der Waals surface area contributed by atoms with Gasteiger partial charge in [-0.2, -0.15) is 0 Å². The maximum atomic E-state index is 12.5. The monoisotopic (exact) mass is 316 g/mol. The lowest BCUT2D eigenvalue weighted by Gasteiger charge is -2.34. The van der Waals surface area contributed by atoms with Gasteiger partial charge in [0.1, 0.15) is 11.4 Å². The van der Waals surface area contributed by atoms with Crippen molar-refractivity contribution in [2.24, 2.45) is 0 Å². The number of nitrogens with one attached hydrogen (secondary N) is 1. The highest BCUT2D eigenvalue weighted by Gasteiger charge is 2.24. The molecule has 0 aromatic carbocycles. The van der Waals surface area contributed by atoms with Crippen LogP contribution in [0.1, 0.15) is 27.9 Å². The molecule has 0 spiro atoms. The van der Waals surface area contributed by atoms with E-state index in [2.05, 4.69) is 16.9 Å². The fraction of sp³-hybridized carbons (Fsp3) is 0.375. The lowest BCUT2D eigenvalue weighted by molar-refractivity contribution is -0.130. The van der Waals surface area contributed by atoms with Gasteiger partial charge in [-0.3, -0.25) is 14.4 Å². The Kier molecular flexibility index (Phi) is 5.46. The predicted molar refractivity (Wildman–Crippen MR) is 84.9 cm³/mol. The minimum atomic E-state index is -0.346. The van der Waals surface area contributed by atoms with Crippen molar-refractivity contribution >= 4 is 17.7 Å². The molecule has 2 rings (SSSR count). The minimum Gasteiger partial charge on any atom is -0.347 e. The second-order valence-corrected chi connectivity index (χ2v) is 5.21. The minimum absolute atomic E-state index is 0.0103. The van der Waals surface area contributed by atoms with Gasteiger partial charge >= 0.3 is 0 Å². The SMILES string of the molecule is C=CCNC(=O)c1cccc(C(=O)N2CCN(C(C)=O)CC2)n1. The maximum absolute atomic E-state index is 12.5. The number of carbonyl (C=O) groups excluding carboxylic acids is 3. The van der Waals surface area contributed by atoms with E-state index in [-0.39, 0.29) is 29.1 Å². The predicted octanol–water partition coefficient (Wildman–Crippen LogP) is 0.302. The first-order chi connectivity index (χ1) is 11.0. The third kappa shape index (κ3) is 4.15. The molecule has 1 aliphatic heterocycles. The number of hydrogen-bond donors (Lipinski definition) is 1. The lowest BCUT2D eigenvalue weighted by Crippen LogP contribution is -2.50. The molecule has 0 atom stereocenters. The average molecular weight is 316 g/mol.